The Bertz CT molecular complexity index is 920. The van der Waals surface area contributed by atoms with Crippen molar-refractivity contribution >= 4 is 17.6 Å². The highest BCUT2D eigenvalue weighted by atomic mass is 19.4. The van der Waals surface area contributed by atoms with E-state index in [2.05, 4.69) is 27.6 Å². The van der Waals surface area contributed by atoms with Gasteiger partial charge in [-0.2, -0.15) is 18.3 Å². The van der Waals surface area contributed by atoms with Gasteiger partial charge in [-0.3, -0.25) is 5.43 Å². The molecule has 6 heteroatoms. The van der Waals surface area contributed by atoms with E-state index in [1.54, 1.807) is 6.21 Å². The fourth-order valence-electron chi connectivity index (χ4n) is 2.71. The smallest absolute Gasteiger partial charge is 0.370 e. The third-order valence-electron chi connectivity index (χ3n) is 4.19. The highest BCUT2D eigenvalue weighted by molar-refractivity contribution is 5.81. The molecular formula is C22H20F3N3. The van der Waals surface area contributed by atoms with Gasteiger partial charge in [0.05, 0.1) is 17.5 Å². The topological polar surface area (TPSA) is 27.6 Å². The Hall–Kier alpha value is -3.28. The molecule has 1 N–H and O–H groups in total. The molecule has 0 fully saturated rings. The van der Waals surface area contributed by atoms with Crippen LogP contribution >= 0.6 is 0 Å². The Labute approximate surface area is 162 Å². The average Bonchev–Trinajstić information content (AvgIpc) is 2.69. The first kappa shape index (κ1) is 19.5. The van der Waals surface area contributed by atoms with Gasteiger partial charge < -0.3 is 4.90 Å². The number of hydrazone groups is 1. The van der Waals surface area contributed by atoms with Crippen LogP contribution in [-0.4, -0.2) is 13.3 Å². The molecule has 0 saturated carbocycles. The molecule has 3 rings (SSSR count). The van der Waals surface area contributed by atoms with Gasteiger partial charge in [-0.15, -0.1) is 0 Å². The summed E-state index contributed by atoms with van der Waals surface area (Å²) in [6.07, 6.45) is -2.80. The fraction of sp³-hybridized carbons (Fsp3) is 0.136. The van der Waals surface area contributed by atoms with Gasteiger partial charge in [0.25, 0.3) is 0 Å². The van der Waals surface area contributed by atoms with Crippen LogP contribution in [0.15, 0.2) is 84.0 Å². The maximum Gasteiger partial charge on any atom is 0.416 e. The number of nitrogens with zero attached hydrogens (tertiary/aromatic N) is 2. The highest BCUT2D eigenvalue weighted by Gasteiger charge is 2.30. The number of anilines is 2. The molecule has 0 heterocycles. The van der Waals surface area contributed by atoms with E-state index in [-0.39, 0.29) is 5.69 Å². The molecule has 0 aliphatic rings. The standard InChI is InChI=1S/C22H20F3N3/c1-28(16-18-6-3-2-4-7-18)21-12-10-17(11-13-21)15-26-27-20-9-5-8-19(14-20)22(23,24)25/h2-15,27H,16H2,1H3. The minimum atomic E-state index is -4.37. The maximum atomic E-state index is 12.7. The number of nitrogens with one attached hydrogen (secondary N) is 1. The van der Waals surface area contributed by atoms with Crippen LogP contribution in [0.5, 0.6) is 0 Å². The molecule has 0 unspecified atom stereocenters. The van der Waals surface area contributed by atoms with Gasteiger partial charge in [-0.1, -0.05) is 48.5 Å². The number of rotatable bonds is 6. The summed E-state index contributed by atoms with van der Waals surface area (Å²) in [5.41, 5.74) is 5.34. The molecular weight excluding hydrogens is 363 g/mol. The monoisotopic (exact) mass is 383 g/mol. The minimum Gasteiger partial charge on any atom is -0.370 e. The molecule has 0 aliphatic carbocycles. The Morgan fingerprint density at radius 2 is 1.64 bits per heavy atom. The largest absolute Gasteiger partial charge is 0.416 e. The third-order valence-corrected chi connectivity index (χ3v) is 4.19. The first-order chi connectivity index (χ1) is 13.4. The van der Waals surface area contributed by atoms with Gasteiger partial charge in [0.1, 0.15) is 0 Å². The molecule has 0 saturated heterocycles. The Morgan fingerprint density at radius 3 is 2.32 bits per heavy atom. The first-order valence-electron chi connectivity index (χ1n) is 8.73. The number of halogens is 3. The van der Waals surface area contributed by atoms with Crippen molar-refractivity contribution < 1.29 is 13.2 Å². The van der Waals surface area contributed by atoms with Crippen molar-refractivity contribution in [2.75, 3.05) is 17.4 Å². The summed E-state index contributed by atoms with van der Waals surface area (Å²) in [6, 6.07) is 22.9. The van der Waals surface area contributed by atoms with Crippen LogP contribution in [-0.2, 0) is 12.7 Å². The lowest BCUT2D eigenvalue weighted by molar-refractivity contribution is -0.137. The summed E-state index contributed by atoms with van der Waals surface area (Å²) in [4.78, 5) is 2.14. The van der Waals surface area contributed by atoms with Gasteiger partial charge in [0.15, 0.2) is 0 Å². The Morgan fingerprint density at radius 1 is 0.929 bits per heavy atom. The Balaban J connectivity index is 1.60. The van der Waals surface area contributed by atoms with Crippen molar-refractivity contribution in [1.29, 1.82) is 0 Å². The maximum absolute atomic E-state index is 12.7. The molecule has 0 radical (unpaired) electrons. The van der Waals surface area contributed by atoms with E-state index in [4.69, 9.17) is 0 Å². The molecule has 3 aromatic rings. The first-order valence-corrected chi connectivity index (χ1v) is 8.73. The van der Waals surface area contributed by atoms with Crippen molar-refractivity contribution in [3.8, 4) is 0 Å². The molecule has 0 aromatic heterocycles. The average molecular weight is 383 g/mol. The van der Waals surface area contributed by atoms with Crippen LogP contribution in [0.1, 0.15) is 16.7 Å². The van der Waals surface area contributed by atoms with E-state index < -0.39 is 11.7 Å². The fourth-order valence-corrected chi connectivity index (χ4v) is 2.71. The second kappa shape index (κ2) is 8.61. The van der Waals surface area contributed by atoms with Gasteiger partial charge in [0, 0.05) is 19.3 Å². The molecule has 0 aliphatic heterocycles. The molecule has 144 valence electrons. The SMILES string of the molecule is CN(Cc1ccccc1)c1ccc(C=NNc2cccc(C(F)(F)F)c2)cc1. The molecule has 0 spiro atoms. The number of hydrogen-bond donors (Lipinski definition) is 1. The molecule has 28 heavy (non-hydrogen) atoms. The van der Waals surface area contributed by atoms with Crippen molar-refractivity contribution in [3.05, 3.63) is 95.6 Å². The highest BCUT2D eigenvalue weighted by Crippen LogP contribution is 2.30. The van der Waals surface area contributed by atoms with Crippen molar-refractivity contribution in [2.45, 2.75) is 12.7 Å². The van der Waals surface area contributed by atoms with Gasteiger partial charge in [-0.25, -0.2) is 0 Å². The zero-order valence-electron chi connectivity index (χ0n) is 15.3. The quantitative estimate of drug-likeness (QED) is 0.431. The van der Waals surface area contributed by atoms with Crippen molar-refractivity contribution in [3.63, 3.8) is 0 Å². The van der Waals surface area contributed by atoms with Crippen molar-refractivity contribution in [2.24, 2.45) is 5.10 Å². The molecule has 0 amide bonds. The summed E-state index contributed by atoms with van der Waals surface area (Å²) < 4.78 is 38.2. The van der Waals surface area contributed by atoms with E-state index in [9.17, 15) is 13.2 Å². The van der Waals surface area contributed by atoms with Crippen LogP contribution in [0, 0.1) is 0 Å². The van der Waals surface area contributed by atoms with Crippen LogP contribution in [0.4, 0.5) is 24.5 Å². The lowest BCUT2D eigenvalue weighted by Crippen LogP contribution is -2.16. The second-order valence-corrected chi connectivity index (χ2v) is 6.38. The summed E-state index contributed by atoms with van der Waals surface area (Å²) >= 11 is 0. The molecule has 3 nitrogen and oxygen atoms in total. The summed E-state index contributed by atoms with van der Waals surface area (Å²) in [5.74, 6) is 0. The van der Waals surface area contributed by atoms with Gasteiger partial charge in [-0.05, 0) is 41.5 Å². The van der Waals surface area contributed by atoms with Gasteiger partial charge in [0.2, 0.25) is 0 Å². The zero-order chi connectivity index (χ0) is 20.0. The van der Waals surface area contributed by atoms with Crippen LogP contribution in [0.3, 0.4) is 0 Å². The predicted octanol–water partition coefficient (Wildman–Crippen LogP) is 5.79. The lowest BCUT2D eigenvalue weighted by Gasteiger charge is -2.19. The lowest BCUT2D eigenvalue weighted by atomic mass is 10.2. The minimum absolute atomic E-state index is 0.283. The predicted molar refractivity (Wildman–Crippen MR) is 108 cm³/mol. The molecule has 0 bridgehead atoms. The van der Waals surface area contributed by atoms with Crippen LogP contribution < -0.4 is 10.3 Å². The summed E-state index contributed by atoms with van der Waals surface area (Å²) in [6.45, 7) is 0.797. The number of benzene rings is 3. The van der Waals surface area contributed by atoms with Gasteiger partial charge >= 0.3 is 6.18 Å². The van der Waals surface area contributed by atoms with Crippen molar-refractivity contribution in [1.82, 2.24) is 0 Å². The zero-order valence-corrected chi connectivity index (χ0v) is 15.3. The van der Waals surface area contributed by atoms with E-state index >= 15 is 0 Å². The third kappa shape index (κ3) is 5.36. The van der Waals surface area contributed by atoms with E-state index in [1.165, 1.54) is 17.7 Å². The van der Waals surface area contributed by atoms with E-state index in [0.717, 1.165) is 29.9 Å². The second-order valence-electron chi connectivity index (χ2n) is 6.38. The van der Waals surface area contributed by atoms with E-state index in [0.29, 0.717) is 0 Å². The normalized spacial score (nSPS) is 11.6. The number of alkyl halides is 3. The van der Waals surface area contributed by atoms with Crippen LogP contribution in [0.2, 0.25) is 0 Å². The van der Waals surface area contributed by atoms with Crippen LogP contribution in [0.25, 0.3) is 0 Å². The molecule has 3 aromatic carbocycles. The summed E-state index contributed by atoms with van der Waals surface area (Å²) in [7, 11) is 2.02. The van der Waals surface area contributed by atoms with E-state index in [1.807, 2.05) is 49.5 Å². The Kier molecular flexibility index (Phi) is 5.99. The number of hydrogen-bond acceptors (Lipinski definition) is 3. The molecule has 0 atom stereocenters. The summed E-state index contributed by atoms with van der Waals surface area (Å²) in [5, 5.41) is 4.02.